The molecule has 0 bridgehead atoms. The summed E-state index contributed by atoms with van der Waals surface area (Å²) < 4.78 is 10.3. The third-order valence-electron chi connectivity index (χ3n) is 3.41. The number of methoxy groups -OCH3 is 2. The Balaban J connectivity index is 1.89. The minimum Gasteiger partial charge on any atom is -0.496 e. The van der Waals surface area contributed by atoms with Gasteiger partial charge in [0.1, 0.15) is 5.75 Å². The lowest BCUT2D eigenvalue weighted by atomic mass is 10.1. The molecule has 7 heteroatoms. The molecule has 132 valence electrons. The molecule has 1 aromatic carbocycles. The lowest BCUT2D eigenvalue weighted by Crippen LogP contribution is -2.14. The van der Waals surface area contributed by atoms with Gasteiger partial charge in [0.2, 0.25) is 11.8 Å². The number of pyridine rings is 1. The maximum absolute atomic E-state index is 12.0. The highest BCUT2D eigenvalue weighted by molar-refractivity contribution is 7.99. The molecule has 1 amide bonds. The van der Waals surface area contributed by atoms with Gasteiger partial charge in [0.05, 0.1) is 31.9 Å². The van der Waals surface area contributed by atoms with Crippen LogP contribution in [0.2, 0.25) is 0 Å². The van der Waals surface area contributed by atoms with E-state index in [0.717, 1.165) is 5.56 Å². The second-order valence-corrected chi connectivity index (χ2v) is 6.20. The number of rotatable bonds is 8. The molecule has 0 aliphatic rings. The van der Waals surface area contributed by atoms with Crippen LogP contribution in [0.15, 0.2) is 36.5 Å². The van der Waals surface area contributed by atoms with Crippen molar-refractivity contribution in [2.75, 3.05) is 25.3 Å². The summed E-state index contributed by atoms with van der Waals surface area (Å²) in [6, 6.07) is 8.72. The highest BCUT2D eigenvalue weighted by atomic mass is 32.2. The number of hydrogen-bond donors (Lipinski definition) is 1. The van der Waals surface area contributed by atoms with E-state index in [2.05, 4.69) is 10.3 Å². The number of carbonyl (C=O) groups excluding carboxylic acids is 2. The summed E-state index contributed by atoms with van der Waals surface area (Å²) >= 11 is 1.44. The van der Waals surface area contributed by atoms with Gasteiger partial charge in [-0.15, -0.1) is 11.8 Å². The molecule has 0 saturated carbocycles. The van der Waals surface area contributed by atoms with Gasteiger partial charge in [-0.1, -0.05) is 0 Å². The maximum Gasteiger partial charge on any atom is 0.234 e. The number of ether oxygens (including phenoxy) is 2. The van der Waals surface area contributed by atoms with E-state index >= 15 is 0 Å². The zero-order valence-electron chi connectivity index (χ0n) is 14.4. The quantitative estimate of drug-likeness (QED) is 0.729. The standard InChI is InChI=1S/C18H20N2O4S/c1-12(21)13-4-6-16(23-2)14(8-13)10-25-11-17(22)20-15-5-7-18(24-3)19-9-15/h4-9H,10-11H2,1-3H3,(H,20,22). The monoisotopic (exact) mass is 360 g/mol. The Hall–Kier alpha value is -2.54. The van der Waals surface area contributed by atoms with Crippen molar-refractivity contribution in [2.45, 2.75) is 12.7 Å². The number of amides is 1. The van der Waals surface area contributed by atoms with E-state index in [9.17, 15) is 9.59 Å². The second-order valence-electron chi connectivity index (χ2n) is 5.21. The normalized spacial score (nSPS) is 10.2. The number of ketones is 1. The summed E-state index contributed by atoms with van der Waals surface area (Å²) in [4.78, 5) is 27.5. The van der Waals surface area contributed by atoms with Crippen LogP contribution in [0.3, 0.4) is 0 Å². The van der Waals surface area contributed by atoms with Crippen molar-refractivity contribution in [1.82, 2.24) is 4.98 Å². The van der Waals surface area contributed by atoms with Crippen LogP contribution in [0.25, 0.3) is 0 Å². The van der Waals surface area contributed by atoms with Crippen LogP contribution in [0.1, 0.15) is 22.8 Å². The summed E-state index contributed by atoms with van der Waals surface area (Å²) in [7, 11) is 3.12. The van der Waals surface area contributed by atoms with Crippen LogP contribution in [-0.4, -0.2) is 36.6 Å². The zero-order valence-corrected chi connectivity index (χ0v) is 15.2. The smallest absolute Gasteiger partial charge is 0.234 e. The topological polar surface area (TPSA) is 77.5 Å². The third-order valence-corrected chi connectivity index (χ3v) is 4.39. The number of anilines is 1. The molecule has 25 heavy (non-hydrogen) atoms. The maximum atomic E-state index is 12.0. The summed E-state index contributed by atoms with van der Waals surface area (Å²) in [5.74, 6) is 1.91. The number of benzene rings is 1. The third kappa shape index (κ3) is 5.49. The first-order valence-corrected chi connectivity index (χ1v) is 8.74. The van der Waals surface area contributed by atoms with E-state index in [4.69, 9.17) is 9.47 Å². The molecular weight excluding hydrogens is 340 g/mol. The van der Waals surface area contributed by atoms with Gasteiger partial charge >= 0.3 is 0 Å². The van der Waals surface area contributed by atoms with Crippen LogP contribution in [0, 0.1) is 0 Å². The molecule has 0 aliphatic heterocycles. The van der Waals surface area contributed by atoms with Gasteiger partial charge in [-0.2, -0.15) is 0 Å². The second kappa shape index (κ2) is 9.08. The largest absolute Gasteiger partial charge is 0.496 e. The Morgan fingerprint density at radius 1 is 1.16 bits per heavy atom. The van der Waals surface area contributed by atoms with Crippen LogP contribution < -0.4 is 14.8 Å². The molecule has 1 N–H and O–H groups in total. The van der Waals surface area contributed by atoms with E-state index in [1.54, 1.807) is 43.6 Å². The van der Waals surface area contributed by atoms with Crippen LogP contribution in [-0.2, 0) is 10.5 Å². The number of aromatic nitrogens is 1. The lowest BCUT2D eigenvalue weighted by molar-refractivity contribution is -0.113. The molecule has 0 unspecified atom stereocenters. The van der Waals surface area contributed by atoms with Crippen LogP contribution >= 0.6 is 11.8 Å². The molecule has 6 nitrogen and oxygen atoms in total. The molecule has 0 spiro atoms. The van der Waals surface area contributed by atoms with Crippen molar-refractivity contribution in [3.63, 3.8) is 0 Å². The number of hydrogen-bond acceptors (Lipinski definition) is 6. The Labute approximate surface area is 150 Å². The fourth-order valence-corrected chi connectivity index (χ4v) is 2.94. The first kappa shape index (κ1) is 18.8. The minimum atomic E-state index is -0.126. The van der Waals surface area contributed by atoms with Crippen molar-refractivity contribution in [2.24, 2.45) is 0 Å². The first-order valence-electron chi connectivity index (χ1n) is 7.59. The van der Waals surface area contributed by atoms with Crippen molar-refractivity contribution < 1.29 is 19.1 Å². The Morgan fingerprint density at radius 2 is 1.96 bits per heavy atom. The summed E-state index contributed by atoms with van der Waals surface area (Å²) in [6.45, 7) is 1.52. The number of carbonyl (C=O) groups is 2. The number of nitrogens with zero attached hydrogens (tertiary/aromatic N) is 1. The van der Waals surface area contributed by atoms with Gasteiger partial charge in [0.15, 0.2) is 5.78 Å². The Morgan fingerprint density at radius 3 is 2.56 bits per heavy atom. The van der Waals surface area contributed by atoms with Crippen molar-refractivity contribution in [1.29, 1.82) is 0 Å². The molecular formula is C18H20N2O4S. The summed E-state index contributed by atoms with van der Waals surface area (Å²) in [6.07, 6.45) is 1.54. The lowest BCUT2D eigenvalue weighted by Gasteiger charge is -2.10. The molecule has 2 rings (SSSR count). The van der Waals surface area contributed by atoms with Crippen molar-refractivity contribution >= 4 is 29.1 Å². The highest BCUT2D eigenvalue weighted by Gasteiger charge is 2.09. The molecule has 2 aromatic rings. The number of Topliss-reactive ketones (excluding diaryl/α,β-unsaturated/α-hetero) is 1. The molecule has 1 aromatic heterocycles. The summed E-state index contributed by atoms with van der Waals surface area (Å²) in [5, 5.41) is 2.77. The van der Waals surface area contributed by atoms with Gasteiger partial charge in [0, 0.05) is 22.9 Å². The number of thioether (sulfide) groups is 1. The fraction of sp³-hybridized carbons (Fsp3) is 0.278. The molecule has 0 fully saturated rings. The van der Waals surface area contributed by atoms with Gasteiger partial charge in [0.25, 0.3) is 0 Å². The van der Waals surface area contributed by atoms with E-state index < -0.39 is 0 Å². The molecule has 0 radical (unpaired) electrons. The predicted molar refractivity (Wildman–Crippen MR) is 98.6 cm³/mol. The average molecular weight is 360 g/mol. The number of nitrogens with one attached hydrogen (secondary N) is 1. The van der Waals surface area contributed by atoms with Crippen molar-refractivity contribution in [3.05, 3.63) is 47.7 Å². The zero-order chi connectivity index (χ0) is 18.2. The fourth-order valence-electron chi connectivity index (χ4n) is 2.14. The molecule has 0 atom stereocenters. The van der Waals surface area contributed by atoms with Crippen molar-refractivity contribution in [3.8, 4) is 11.6 Å². The van der Waals surface area contributed by atoms with Crippen LogP contribution in [0.4, 0.5) is 5.69 Å². The Bertz CT molecular complexity index is 747. The summed E-state index contributed by atoms with van der Waals surface area (Å²) in [5.41, 5.74) is 2.13. The minimum absolute atomic E-state index is 0.00125. The Kier molecular flexibility index (Phi) is 6.82. The average Bonchev–Trinajstić information content (AvgIpc) is 2.62. The van der Waals surface area contributed by atoms with Gasteiger partial charge < -0.3 is 14.8 Å². The van der Waals surface area contributed by atoms with Gasteiger partial charge in [-0.05, 0) is 31.2 Å². The molecule has 0 saturated heterocycles. The predicted octanol–water partition coefficient (Wildman–Crippen LogP) is 3.17. The van der Waals surface area contributed by atoms with Gasteiger partial charge in [-0.25, -0.2) is 4.98 Å². The van der Waals surface area contributed by atoms with Gasteiger partial charge in [-0.3, -0.25) is 9.59 Å². The van der Waals surface area contributed by atoms with E-state index in [1.807, 2.05) is 0 Å². The van der Waals surface area contributed by atoms with E-state index in [0.29, 0.717) is 28.6 Å². The van der Waals surface area contributed by atoms with E-state index in [-0.39, 0.29) is 17.4 Å². The SMILES string of the molecule is COc1ccc(NC(=O)CSCc2cc(C(C)=O)ccc2OC)cn1. The van der Waals surface area contributed by atoms with Crippen LogP contribution in [0.5, 0.6) is 11.6 Å². The first-order chi connectivity index (χ1) is 12.0. The molecule has 1 heterocycles. The highest BCUT2D eigenvalue weighted by Crippen LogP contribution is 2.25. The molecule has 0 aliphatic carbocycles. The van der Waals surface area contributed by atoms with E-state index in [1.165, 1.54) is 25.8 Å².